The van der Waals surface area contributed by atoms with Gasteiger partial charge in [-0.15, -0.1) is 0 Å². The summed E-state index contributed by atoms with van der Waals surface area (Å²) in [6.07, 6.45) is 9.35. The van der Waals surface area contributed by atoms with Gasteiger partial charge in [-0.2, -0.15) is 0 Å². The molecule has 19 heavy (non-hydrogen) atoms. The van der Waals surface area contributed by atoms with Crippen molar-refractivity contribution in [3.8, 4) is 0 Å². The van der Waals surface area contributed by atoms with Crippen molar-refractivity contribution >= 4 is 0 Å². The van der Waals surface area contributed by atoms with E-state index in [1.165, 1.54) is 71.1 Å². The Morgan fingerprint density at radius 3 is 2.21 bits per heavy atom. The van der Waals surface area contributed by atoms with Crippen LogP contribution >= 0.6 is 0 Å². The van der Waals surface area contributed by atoms with E-state index >= 15 is 0 Å². The third kappa shape index (κ3) is 3.93. The molecule has 1 aliphatic carbocycles. The van der Waals surface area contributed by atoms with Gasteiger partial charge in [0.25, 0.3) is 0 Å². The fourth-order valence-corrected chi connectivity index (χ4v) is 4.06. The van der Waals surface area contributed by atoms with Crippen molar-refractivity contribution in [3.05, 3.63) is 0 Å². The van der Waals surface area contributed by atoms with Crippen molar-refractivity contribution in [1.29, 1.82) is 0 Å². The Labute approximate surface area is 119 Å². The maximum absolute atomic E-state index is 6.37. The Morgan fingerprint density at radius 2 is 1.68 bits per heavy atom. The zero-order valence-electron chi connectivity index (χ0n) is 13.0. The topological polar surface area (TPSA) is 32.5 Å². The van der Waals surface area contributed by atoms with Crippen LogP contribution in [0.15, 0.2) is 0 Å². The first-order chi connectivity index (χ1) is 9.26. The molecule has 0 aromatic heterocycles. The average Bonchev–Trinajstić information content (AvgIpc) is 2.95. The number of hydrogen-bond donors (Lipinski definition) is 1. The largest absolute Gasteiger partial charge is 0.326 e. The van der Waals surface area contributed by atoms with E-state index in [9.17, 15) is 0 Å². The van der Waals surface area contributed by atoms with Crippen LogP contribution in [-0.2, 0) is 0 Å². The van der Waals surface area contributed by atoms with Crippen LogP contribution in [0.5, 0.6) is 0 Å². The first-order valence-corrected chi connectivity index (χ1v) is 8.50. The van der Waals surface area contributed by atoms with Gasteiger partial charge in [0, 0.05) is 44.3 Å². The monoisotopic (exact) mass is 267 g/mol. The van der Waals surface area contributed by atoms with Gasteiger partial charge in [0.15, 0.2) is 0 Å². The number of rotatable bonds is 6. The molecule has 2 atom stereocenters. The molecule has 3 nitrogen and oxygen atoms in total. The van der Waals surface area contributed by atoms with Crippen molar-refractivity contribution in [1.82, 2.24) is 9.80 Å². The highest BCUT2D eigenvalue weighted by molar-refractivity contribution is 4.87. The Morgan fingerprint density at radius 1 is 1.05 bits per heavy atom. The summed E-state index contributed by atoms with van der Waals surface area (Å²) in [5, 5.41) is 0. The van der Waals surface area contributed by atoms with E-state index in [0.717, 1.165) is 6.04 Å². The number of piperazine rings is 1. The molecule has 0 radical (unpaired) electrons. The summed E-state index contributed by atoms with van der Waals surface area (Å²) in [6.45, 7) is 9.52. The van der Waals surface area contributed by atoms with E-state index in [0.29, 0.717) is 12.1 Å². The molecule has 0 amide bonds. The summed E-state index contributed by atoms with van der Waals surface area (Å²) in [5.41, 5.74) is 6.37. The minimum absolute atomic E-state index is 0.369. The highest BCUT2D eigenvalue weighted by Crippen LogP contribution is 2.25. The van der Waals surface area contributed by atoms with Crippen LogP contribution in [0, 0.1) is 0 Å². The van der Waals surface area contributed by atoms with Gasteiger partial charge in [0.05, 0.1) is 0 Å². The van der Waals surface area contributed by atoms with Crippen molar-refractivity contribution < 1.29 is 0 Å². The second kappa shape index (κ2) is 7.61. The van der Waals surface area contributed by atoms with Crippen LogP contribution < -0.4 is 5.73 Å². The highest BCUT2D eigenvalue weighted by Gasteiger charge is 2.30. The fraction of sp³-hybridized carbons (Fsp3) is 1.00. The Hall–Kier alpha value is -0.120. The summed E-state index contributed by atoms with van der Waals surface area (Å²) in [7, 11) is 0. The summed E-state index contributed by atoms with van der Waals surface area (Å²) >= 11 is 0. The van der Waals surface area contributed by atoms with E-state index in [2.05, 4.69) is 23.6 Å². The quantitative estimate of drug-likeness (QED) is 0.802. The normalized spacial score (nSPS) is 26.7. The third-order valence-corrected chi connectivity index (χ3v) is 5.19. The molecule has 2 unspecified atom stereocenters. The Kier molecular flexibility index (Phi) is 6.11. The smallest absolute Gasteiger partial charge is 0.0245 e. The van der Waals surface area contributed by atoms with Gasteiger partial charge >= 0.3 is 0 Å². The van der Waals surface area contributed by atoms with Crippen LogP contribution in [0.25, 0.3) is 0 Å². The van der Waals surface area contributed by atoms with Crippen LogP contribution in [0.2, 0.25) is 0 Å². The van der Waals surface area contributed by atoms with Gasteiger partial charge in [-0.05, 0) is 25.7 Å². The van der Waals surface area contributed by atoms with E-state index in [-0.39, 0.29) is 0 Å². The molecule has 112 valence electrons. The minimum Gasteiger partial charge on any atom is -0.326 e. The molecule has 1 aliphatic heterocycles. The second-order valence-electron chi connectivity index (χ2n) is 6.44. The molecule has 0 aromatic rings. The summed E-state index contributed by atoms with van der Waals surface area (Å²) in [4.78, 5) is 5.40. The molecule has 0 spiro atoms. The molecular formula is C16H33N3. The van der Waals surface area contributed by atoms with E-state index < -0.39 is 0 Å². The lowest BCUT2D eigenvalue weighted by Gasteiger charge is -2.43. The van der Waals surface area contributed by atoms with Crippen molar-refractivity contribution in [2.24, 2.45) is 5.73 Å². The standard InChI is InChI=1S/C16H33N3/c1-3-7-15(17)16(4-2)19-12-10-18(11-13-19)14-8-5-6-9-14/h14-16H,3-13,17H2,1-2H3. The zero-order chi connectivity index (χ0) is 13.7. The molecule has 1 saturated heterocycles. The molecule has 2 rings (SSSR count). The number of nitrogens with zero attached hydrogens (tertiary/aromatic N) is 2. The van der Waals surface area contributed by atoms with Gasteiger partial charge in [-0.1, -0.05) is 33.1 Å². The van der Waals surface area contributed by atoms with Crippen molar-refractivity contribution in [3.63, 3.8) is 0 Å². The SMILES string of the molecule is CCCC(N)C(CC)N1CCN(C2CCCC2)CC1. The number of hydrogen-bond acceptors (Lipinski definition) is 3. The molecule has 3 heteroatoms. The summed E-state index contributed by atoms with van der Waals surface area (Å²) in [5.74, 6) is 0. The lowest BCUT2D eigenvalue weighted by Crippen LogP contribution is -2.56. The minimum atomic E-state index is 0.369. The maximum Gasteiger partial charge on any atom is 0.0245 e. The van der Waals surface area contributed by atoms with Crippen LogP contribution in [-0.4, -0.2) is 54.1 Å². The molecule has 2 aliphatic rings. The van der Waals surface area contributed by atoms with Crippen molar-refractivity contribution in [2.75, 3.05) is 26.2 Å². The summed E-state index contributed by atoms with van der Waals surface area (Å²) in [6, 6.07) is 1.87. The highest BCUT2D eigenvalue weighted by atomic mass is 15.3. The second-order valence-corrected chi connectivity index (χ2v) is 6.44. The van der Waals surface area contributed by atoms with Crippen molar-refractivity contribution in [2.45, 2.75) is 76.9 Å². The van der Waals surface area contributed by atoms with Gasteiger partial charge in [-0.25, -0.2) is 0 Å². The first kappa shape index (κ1) is 15.3. The average molecular weight is 267 g/mol. The molecule has 1 saturated carbocycles. The van der Waals surface area contributed by atoms with Gasteiger partial charge in [-0.3, -0.25) is 9.80 Å². The van der Waals surface area contributed by atoms with E-state index in [1.54, 1.807) is 0 Å². The predicted molar refractivity (Wildman–Crippen MR) is 82.4 cm³/mol. The summed E-state index contributed by atoms with van der Waals surface area (Å²) < 4.78 is 0. The lowest BCUT2D eigenvalue weighted by atomic mass is 9.99. The molecule has 2 fully saturated rings. The third-order valence-electron chi connectivity index (χ3n) is 5.19. The fourth-order valence-electron chi connectivity index (χ4n) is 4.06. The first-order valence-electron chi connectivity index (χ1n) is 8.50. The molecule has 0 bridgehead atoms. The maximum atomic E-state index is 6.37. The van der Waals surface area contributed by atoms with Gasteiger partial charge < -0.3 is 5.73 Å². The van der Waals surface area contributed by atoms with Crippen LogP contribution in [0.3, 0.4) is 0 Å². The van der Waals surface area contributed by atoms with E-state index in [4.69, 9.17) is 5.73 Å². The lowest BCUT2D eigenvalue weighted by molar-refractivity contribution is 0.0593. The van der Waals surface area contributed by atoms with Gasteiger partial charge in [0.2, 0.25) is 0 Å². The Bertz CT molecular complexity index is 242. The molecule has 2 N–H and O–H groups in total. The predicted octanol–water partition coefficient (Wildman–Crippen LogP) is 2.45. The zero-order valence-corrected chi connectivity index (χ0v) is 13.0. The van der Waals surface area contributed by atoms with Crippen LogP contribution in [0.4, 0.5) is 0 Å². The van der Waals surface area contributed by atoms with Crippen LogP contribution in [0.1, 0.15) is 58.8 Å². The molecule has 0 aromatic carbocycles. The Balaban J connectivity index is 1.80. The number of nitrogens with two attached hydrogens (primary N) is 1. The molecular weight excluding hydrogens is 234 g/mol. The van der Waals surface area contributed by atoms with E-state index in [1.807, 2.05) is 0 Å². The van der Waals surface area contributed by atoms with Gasteiger partial charge in [0.1, 0.15) is 0 Å². The molecule has 1 heterocycles.